The fourth-order valence-electron chi connectivity index (χ4n) is 2.34. The zero-order valence-electron chi connectivity index (χ0n) is 12.1. The summed E-state index contributed by atoms with van der Waals surface area (Å²) in [5.41, 5.74) is 1.08. The highest BCUT2D eigenvalue weighted by Crippen LogP contribution is 2.36. The largest absolute Gasteiger partial charge is 0.493 e. The molecule has 0 bridgehead atoms. The molecular formula is C15H22ClNO3. The first-order chi connectivity index (χ1) is 9.74. The standard InChI is InChI=1S/C15H22ClNO3/c1-3-19-15-13(16)7-11(8-14(15)18-2)9-17-10-12-5-4-6-20-12/h7-8,12,17H,3-6,9-10H2,1-2H3/t12-/m1/s1. The summed E-state index contributed by atoms with van der Waals surface area (Å²) < 4.78 is 16.4. The van der Waals surface area contributed by atoms with Gasteiger partial charge in [0.15, 0.2) is 11.5 Å². The topological polar surface area (TPSA) is 39.7 Å². The minimum atomic E-state index is 0.343. The van der Waals surface area contributed by atoms with Crippen molar-refractivity contribution in [1.29, 1.82) is 0 Å². The molecule has 2 rings (SSSR count). The van der Waals surface area contributed by atoms with Crippen molar-refractivity contribution >= 4 is 11.6 Å². The van der Waals surface area contributed by atoms with E-state index in [1.165, 1.54) is 0 Å². The van der Waals surface area contributed by atoms with Crippen molar-refractivity contribution < 1.29 is 14.2 Å². The van der Waals surface area contributed by atoms with Crippen LogP contribution in [-0.4, -0.2) is 33.0 Å². The van der Waals surface area contributed by atoms with Crippen molar-refractivity contribution in [2.24, 2.45) is 0 Å². The maximum atomic E-state index is 6.24. The predicted octanol–water partition coefficient (Wildman–Crippen LogP) is 3.02. The van der Waals surface area contributed by atoms with Gasteiger partial charge >= 0.3 is 0 Å². The average molecular weight is 300 g/mol. The monoisotopic (exact) mass is 299 g/mol. The first-order valence-corrected chi connectivity index (χ1v) is 7.44. The molecule has 112 valence electrons. The van der Waals surface area contributed by atoms with Gasteiger partial charge < -0.3 is 19.5 Å². The SMILES string of the molecule is CCOc1c(Cl)cc(CNC[C@H]2CCCO2)cc1OC. The Morgan fingerprint density at radius 3 is 2.95 bits per heavy atom. The Hall–Kier alpha value is -0.970. The number of methoxy groups -OCH3 is 1. The maximum Gasteiger partial charge on any atom is 0.179 e. The summed E-state index contributed by atoms with van der Waals surface area (Å²) in [5.74, 6) is 1.29. The molecule has 0 amide bonds. The molecule has 1 aromatic rings. The van der Waals surface area contributed by atoms with Crippen molar-refractivity contribution in [1.82, 2.24) is 5.32 Å². The van der Waals surface area contributed by atoms with Crippen LogP contribution >= 0.6 is 11.6 Å². The molecular weight excluding hydrogens is 278 g/mol. The van der Waals surface area contributed by atoms with Crippen LogP contribution in [0.3, 0.4) is 0 Å². The minimum Gasteiger partial charge on any atom is -0.493 e. The summed E-state index contributed by atoms with van der Waals surface area (Å²) in [6.45, 7) is 4.98. The number of benzene rings is 1. The molecule has 0 aromatic heterocycles. The van der Waals surface area contributed by atoms with Gasteiger partial charge in [-0.25, -0.2) is 0 Å². The number of ether oxygens (including phenoxy) is 3. The second-order valence-electron chi connectivity index (χ2n) is 4.81. The van der Waals surface area contributed by atoms with Crippen LogP contribution in [0.5, 0.6) is 11.5 Å². The first-order valence-electron chi connectivity index (χ1n) is 7.06. The summed E-state index contributed by atoms with van der Waals surface area (Å²) in [6.07, 6.45) is 2.64. The smallest absolute Gasteiger partial charge is 0.179 e. The van der Waals surface area contributed by atoms with E-state index in [1.54, 1.807) is 7.11 Å². The molecule has 0 spiro atoms. The summed E-state index contributed by atoms with van der Waals surface area (Å²) >= 11 is 6.24. The first kappa shape index (κ1) is 15.4. The number of hydrogen-bond donors (Lipinski definition) is 1. The molecule has 1 aliphatic rings. The van der Waals surface area contributed by atoms with Crippen molar-refractivity contribution in [2.45, 2.75) is 32.4 Å². The number of hydrogen-bond acceptors (Lipinski definition) is 4. The van der Waals surface area contributed by atoms with Crippen molar-refractivity contribution in [3.05, 3.63) is 22.7 Å². The van der Waals surface area contributed by atoms with E-state index in [4.69, 9.17) is 25.8 Å². The van der Waals surface area contributed by atoms with Gasteiger partial charge in [0, 0.05) is 19.7 Å². The van der Waals surface area contributed by atoms with Gasteiger partial charge in [-0.05, 0) is 37.5 Å². The van der Waals surface area contributed by atoms with Gasteiger partial charge in [-0.15, -0.1) is 0 Å². The van der Waals surface area contributed by atoms with E-state index in [1.807, 2.05) is 19.1 Å². The number of nitrogens with one attached hydrogen (secondary N) is 1. The van der Waals surface area contributed by atoms with Gasteiger partial charge in [-0.1, -0.05) is 11.6 Å². The number of halogens is 1. The van der Waals surface area contributed by atoms with E-state index in [0.717, 1.165) is 38.1 Å². The van der Waals surface area contributed by atoms with Crippen LogP contribution in [0.15, 0.2) is 12.1 Å². The maximum absolute atomic E-state index is 6.24. The second-order valence-corrected chi connectivity index (χ2v) is 5.22. The molecule has 5 heteroatoms. The third-order valence-corrected chi connectivity index (χ3v) is 3.58. The molecule has 20 heavy (non-hydrogen) atoms. The Morgan fingerprint density at radius 2 is 2.30 bits per heavy atom. The highest BCUT2D eigenvalue weighted by atomic mass is 35.5. The Balaban J connectivity index is 1.95. The Kier molecular flexibility index (Phi) is 5.95. The van der Waals surface area contributed by atoms with E-state index < -0.39 is 0 Å². The van der Waals surface area contributed by atoms with Crippen molar-refractivity contribution in [3.63, 3.8) is 0 Å². The average Bonchev–Trinajstić information content (AvgIpc) is 2.94. The molecule has 0 aliphatic carbocycles. The molecule has 1 fully saturated rings. The molecule has 1 atom stereocenters. The lowest BCUT2D eigenvalue weighted by atomic mass is 10.2. The predicted molar refractivity (Wildman–Crippen MR) is 79.9 cm³/mol. The Labute approximate surface area is 125 Å². The Bertz CT molecular complexity index is 433. The molecule has 1 saturated heterocycles. The third-order valence-electron chi connectivity index (χ3n) is 3.30. The van der Waals surface area contributed by atoms with E-state index >= 15 is 0 Å². The lowest BCUT2D eigenvalue weighted by Crippen LogP contribution is -2.25. The Morgan fingerprint density at radius 1 is 1.45 bits per heavy atom. The highest BCUT2D eigenvalue weighted by Gasteiger charge is 2.15. The van der Waals surface area contributed by atoms with Crippen LogP contribution in [0, 0.1) is 0 Å². The minimum absolute atomic E-state index is 0.343. The third kappa shape index (κ3) is 4.01. The zero-order valence-corrected chi connectivity index (χ0v) is 12.8. The van der Waals surface area contributed by atoms with Gasteiger partial charge in [0.1, 0.15) is 0 Å². The molecule has 0 radical (unpaired) electrons. The molecule has 1 heterocycles. The normalized spacial score (nSPS) is 18.2. The van der Waals surface area contributed by atoms with Gasteiger partial charge in [0.25, 0.3) is 0 Å². The summed E-state index contributed by atoms with van der Waals surface area (Å²) in [6, 6.07) is 3.87. The van der Waals surface area contributed by atoms with E-state index in [9.17, 15) is 0 Å². The number of rotatable bonds is 7. The summed E-state index contributed by atoms with van der Waals surface area (Å²) in [4.78, 5) is 0. The van der Waals surface area contributed by atoms with Crippen molar-refractivity contribution in [2.75, 3.05) is 26.9 Å². The lowest BCUT2D eigenvalue weighted by Gasteiger charge is -2.14. The molecule has 1 N–H and O–H groups in total. The molecule has 4 nitrogen and oxygen atoms in total. The molecule has 0 unspecified atom stereocenters. The van der Waals surface area contributed by atoms with Crippen LogP contribution in [0.4, 0.5) is 0 Å². The molecule has 1 aliphatic heterocycles. The van der Waals surface area contributed by atoms with E-state index in [0.29, 0.717) is 29.2 Å². The highest BCUT2D eigenvalue weighted by molar-refractivity contribution is 6.32. The second kappa shape index (κ2) is 7.72. The van der Waals surface area contributed by atoms with Gasteiger partial charge in [-0.3, -0.25) is 0 Å². The van der Waals surface area contributed by atoms with E-state index in [2.05, 4.69) is 5.32 Å². The lowest BCUT2D eigenvalue weighted by molar-refractivity contribution is 0.110. The fourth-order valence-corrected chi connectivity index (χ4v) is 2.63. The van der Waals surface area contributed by atoms with Crippen LogP contribution in [0.25, 0.3) is 0 Å². The molecule has 1 aromatic carbocycles. The van der Waals surface area contributed by atoms with Crippen LogP contribution in [0.1, 0.15) is 25.3 Å². The fraction of sp³-hybridized carbons (Fsp3) is 0.600. The van der Waals surface area contributed by atoms with Gasteiger partial charge in [0.05, 0.1) is 24.8 Å². The van der Waals surface area contributed by atoms with Crippen LogP contribution in [-0.2, 0) is 11.3 Å². The van der Waals surface area contributed by atoms with Gasteiger partial charge in [0.2, 0.25) is 0 Å². The quantitative estimate of drug-likeness (QED) is 0.840. The van der Waals surface area contributed by atoms with E-state index in [-0.39, 0.29) is 0 Å². The van der Waals surface area contributed by atoms with Crippen LogP contribution in [0.2, 0.25) is 5.02 Å². The van der Waals surface area contributed by atoms with Gasteiger partial charge in [-0.2, -0.15) is 0 Å². The zero-order chi connectivity index (χ0) is 14.4. The molecule has 0 saturated carbocycles. The van der Waals surface area contributed by atoms with Crippen LogP contribution < -0.4 is 14.8 Å². The summed E-state index contributed by atoms with van der Waals surface area (Å²) in [7, 11) is 1.62. The summed E-state index contributed by atoms with van der Waals surface area (Å²) in [5, 5.41) is 3.98. The van der Waals surface area contributed by atoms with Crippen molar-refractivity contribution in [3.8, 4) is 11.5 Å².